The average Bonchev–Trinajstić information content (AvgIpc) is 2.98. The lowest BCUT2D eigenvalue weighted by atomic mass is 10.0. The highest BCUT2D eigenvalue weighted by atomic mass is 16.6. The number of hydrogen-bond donors (Lipinski definition) is 1. The highest BCUT2D eigenvalue weighted by molar-refractivity contribution is 5.69. The molecule has 0 aliphatic heterocycles. The number of esters is 1. The Bertz CT molecular complexity index is 533. The number of allylic oxidation sites excluding steroid dienone is 2. The zero-order valence-corrected chi connectivity index (χ0v) is 27.8. The molecule has 0 radical (unpaired) electrons. The summed E-state index contributed by atoms with van der Waals surface area (Å²) in [5.74, 6) is -0.207. The number of carbonyl (C=O) groups excluding carboxylic acids is 1. The third-order valence-corrected chi connectivity index (χ3v) is 8.09. The van der Waals surface area contributed by atoms with Crippen LogP contribution in [-0.4, -0.2) is 37.0 Å². The van der Waals surface area contributed by atoms with Crippen LogP contribution < -0.4 is 0 Å². The van der Waals surface area contributed by atoms with Gasteiger partial charge in [-0.1, -0.05) is 161 Å². The molecule has 41 heavy (non-hydrogen) atoms. The number of rotatable bonds is 34. The average molecular weight is 581 g/mol. The van der Waals surface area contributed by atoms with E-state index in [1.165, 1.54) is 154 Å². The van der Waals surface area contributed by atoms with E-state index in [1.807, 2.05) is 0 Å². The van der Waals surface area contributed by atoms with Crippen molar-refractivity contribution < 1.29 is 19.4 Å². The van der Waals surface area contributed by atoms with Gasteiger partial charge in [-0.25, -0.2) is 0 Å². The smallest absolute Gasteiger partial charge is 0.306 e. The maximum Gasteiger partial charge on any atom is 0.306 e. The van der Waals surface area contributed by atoms with Gasteiger partial charge >= 0.3 is 5.97 Å². The van der Waals surface area contributed by atoms with E-state index in [2.05, 4.69) is 26.0 Å². The minimum Gasteiger partial charge on any atom is -0.457 e. The molecular weight excluding hydrogens is 508 g/mol. The lowest BCUT2D eigenvalue weighted by molar-refractivity contribution is -0.154. The second-order valence-corrected chi connectivity index (χ2v) is 12.3. The SMILES string of the molecule is CCCCCC/C=C\CCCCCCCC(=O)OC(CO)COCCCCCCCCCCCCCCCCCC. The predicted molar refractivity (Wildman–Crippen MR) is 178 cm³/mol. The molecule has 0 amide bonds. The van der Waals surface area contributed by atoms with E-state index in [1.54, 1.807) is 0 Å². The van der Waals surface area contributed by atoms with Gasteiger partial charge in [0.2, 0.25) is 0 Å². The van der Waals surface area contributed by atoms with Gasteiger partial charge in [0.15, 0.2) is 0 Å². The summed E-state index contributed by atoms with van der Waals surface area (Å²) in [5, 5.41) is 9.54. The molecule has 0 aromatic rings. The maximum atomic E-state index is 12.1. The van der Waals surface area contributed by atoms with Crippen LogP contribution in [0.5, 0.6) is 0 Å². The molecule has 0 heterocycles. The fourth-order valence-corrected chi connectivity index (χ4v) is 5.32. The monoisotopic (exact) mass is 581 g/mol. The highest BCUT2D eigenvalue weighted by Crippen LogP contribution is 2.14. The van der Waals surface area contributed by atoms with E-state index in [0.717, 1.165) is 19.3 Å². The predicted octanol–water partition coefficient (Wildman–Crippen LogP) is 11.4. The quantitative estimate of drug-likeness (QED) is 0.0467. The molecule has 0 aliphatic carbocycles. The Balaban J connectivity index is 3.41. The Morgan fingerprint density at radius 3 is 1.41 bits per heavy atom. The summed E-state index contributed by atoms with van der Waals surface area (Å²) in [5.41, 5.74) is 0. The summed E-state index contributed by atoms with van der Waals surface area (Å²) < 4.78 is 11.1. The summed E-state index contributed by atoms with van der Waals surface area (Å²) >= 11 is 0. The number of ether oxygens (including phenoxy) is 2. The molecular formula is C37H72O4. The number of hydrogen-bond acceptors (Lipinski definition) is 4. The topological polar surface area (TPSA) is 55.8 Å². The Morgan fingerprint density at radius 2 is 0.951 bits per heavy atom. The zero-order chi connectivity index (χ0) is 29.9. The molecule has 1 atom stereocenters. The van der Waals surface area contributed by atoms with Crippen molar-refractivity contribution in [3.63, 3.8) is 0 Å². The summed E-state index contributed by atoms with van der Waals surface area (Å²) in [6.45, 7) is 5.35. The first-order valence-electron chi connectivity index (χ1n) is 18.3. The van der Waals surface area contributed by atoms with Crippen LogP contribution in [0.3, 0.4) is 0 Å². The largest absolute Gasteiger partial charge is 0.457 e. The third kappa shape index (κ3) is 33.5. The van der Waals surface area contributed by atoms with Gasteiger partial charge in [-0.05, 0) is 38.5 Å². The number of aliphatic hydroxyl groups is 1. The van der Waals surface area contributed by atoms with Crippen LogP contribution in [0.25, 0.3) is 0 Å². The van der Waals surface area contributed by atoms with E-state index in [0.29, 0.717) is 19.6 Å². The second-order valence-electron chi connectivity index (χ2n) is 12.3. The first-order valence-corrected chi connectivity index (χ1v) is 18.3. The van der Waals surface area contributed by atoms with Crippen molar-refractivity contribution in [1.29, 1.82) is 0 Å². The van der Waals surface area contributed by atoms with Crippen LogP contribution in [-0.2, 0) is 14.3 Å². The van der Waals surface area contributed by atoms with E-state index in [4.69, 9.17) is 9.47 Å². The molecule has 0 aromatic carbocycles. The molecule has 0 rings (SSSR count). The molecule has 1 unspecified atom stereocenters. The van der Waals surface area contributed by atoms with Gasteiger partial charge < -0.3 is 14.6 Å². The van der Waals surface area contributed by atoms with E-state index in [-0.39, 0.29) is 12.6 Å². The Labute approximate surface area is 256 Å². The number of carbonyl (C=O) groups is 1. The fourth-order valence-electron chi connectivity index (χ4n) is 5.32. The molecule has 0 fully saturated rings. The zero-order valence-electron chi connectivity index (χ0n) is 27.8. The van der Waals surface area contributed by atoms with Crippen LogP contribution >= 0.6 is 0 Å². The highest BCUT2D eigenvalue weighted by Gasteiger charge is 2.13. The molecule has 0 saturated carbocycles. The van der Waals surface area contributed by atoms with Crippen LogP contribution in [0.4, 0.5) is 0 Å². The molecule has 0 aromatic heterocycles. The lowest BCUT2D eigenvalue weighted by Gasteiger charge is -2.15. The minimum atomic E-state index is -0.530. The lowest BCUT2D eigenvalue weighted by Crippen LogP contribution is -2.27. The molecule has 0 spiro atoms. The first-order chi connectivity index (χ1) is 20.2. The van der Waals surface area contributed by atoms with Gasteiger partial charge in [0, 0.05) is 13.0 Å². The second kappa shape index (κ2) is 35.3. The standard InChI is InChI=1S/C37H72O4/c1-3-5-7-9-11-13-15-17-18-19-21-23-25-27-29-31-33-40-35-36(34-38)41-37(39)32-30-28-26-24-22-20-16-14-12-10-8-6-4-2/h14,16,36,38H,3-13,15,17-35H2,1-2H3/b16-14-. The Kier molecular flexibility index (Phi) is 34.6. The van der Waals surface area contributed by atoms with E-state index >= 15 is 0 Å². The summed E-state index contributed by atoms with van der Waals surface area (Å²) in [6.07, 6.45) is 39.6. The van der Waals surface area contributed by atoms with Crippen LogP contribution in [0.1, 0.15) is 194 Å². The van der Waals surface area contributed by atoms with Crippen molar-refractivity contribution in [3.05, 3.63) is 12.2 Å². The Morgan fingerprint density at radius 1 is 0.561 bits per heavy atom. The summed E-state index contributed by atoms with van der Waals surface area (Å²) in [7, 11) is 0. The molecule has 1 N–H and O–H groups in total. The summed E-state index contributed by atoms with van der Waals surface area (Å²) in [6, 6.07) is 0. The maximum absolute atomic E-state index is 12.1. The molecule has 0 saturated heterocycles. The number of unbranched alkanes of at least 4 members (excludes halogenated alkanes) is 24. The van der Waals surface area contributed by atoms with Crippen molar-refractivity contribution in [2.75, 3.05) is 19.8 Å². The van der Waals surface area contributed by atoms with Crippen LogP contribution in [0.2, 0.25) is 0 Å². The van der Waals surface area contributed by atoms with Crippen LogP contribution in [0, 0.1) is 0 Å². The van der Waals surface area contributed by atoms with Gasteiger partial charge in [-0.2, -0.15) is 0 Å². The van der Waals surface area contributed by atoms with Crippen molar-refractivity contribution in [2.45, 2.75) is 200 Å². The molecule has 244 valence electrons. The van der Waals surface area contributed by atoms with Crippen molar-refractivity contribution in [2.24, 2.45) is 0 Å². The van der Waals surface area contributed by atoms with Crippen molar-refractivity contribution in [3.8, 4) is 0 Å². The van der Waals surface area contributed by atoms with Gasteiger partial charge in [-0.3, -0.25) is 4.79 Å². The van der Waals surface area contributed by atoms with E-state index in [9.17, 15) is 9.90 Å². The van der Waals surface area contributed by atoms with Gasteiger partial charge in [0.1, 0.15) is 6.10 Å². The first kappa shape index (κ1) is 40.1. The molecule has 4 heteroatoms. The number of aliphatic hydroxyl groups excluding tert-OH is 1. The van der Waals surface area contributed by atoms with Gasteiger partial charge in [0.25, 0.3) is 0 Å². The third-order valence-electron chi connectivity index (χ3n) is 8.09. The van der Waals surface area contributed by atoms with Crippen molar-refractivity contribution >= 4 is 5.97 Å². The summed E-state index contributed by atoms with van der Waals surface area (Å²) in [4.78, 5) is 12.1. The van der Waals surface area contributed by atoms with E-state index < -0.39 is 6.10 Å². The molecule has 4 nitrogen and oxygen atoms in total. The normalized spacial score (nSPS) is 12.4. The van der Waals surface area contributed by atoms with Crippen LogP contribution in [0.15, 0.2) is 12.2 Å². The van der Waals surface area contributed by atoms with Gasteiger partial charge in [0.05, 0.1) is 13.2 Å². The molecule has 0 aliphatic rings. The molecule has 0 bridgehead atoms. The van der Waals surface area contributed by atoms with Crippen molar-refractivity contribution in [1.82, 2.24) is 0 Å². The minimum absolute atomic E-state index is 0.170. The fraction of sp³-hybridized carbons (Fsp3) is 0.919. The Hall–Kier alpha value is -0.870. The van der Waals surface area contributed by atoms with Gasteiger partial charge in [-0.15, -0.1) is 0 Å².